The van der Waals surface area contributed by atoms with Gasteiger partial charge in [-0.05, 0) is 12.1 Å². The SMILES string of the molecule is COC(=O)C=Cc1cnccc1C(F)(F)F. The fourth-order valence-electron chi connectivity index (χ4n) is 1.02. The quantitative estimate of drug-likeness (QED) is 0.579. The van der Waals surface area contributed by atoms with Gasteiger partial charge >= 0.3 is 12.1 Å². The van der Waals surface area contributed by atoms with Gasteiger partial charge in [-0.1, -0.05) is 0 Å². The fourth-order valence-corrected chi connectivity index (χ4v) is 1.02. The molecule has 16 heavy (non-hydrogen) atoms. The zero-order chi connectivity index (χ0) is 12.2. The first-order valence-corrected chi connectivity index (χ1v) is 4.22. The Morgan fingerprint density at radius 1 is 1.50 bits per heavy atom. The smallest absolute Gasteiger partial charge is 0.417 e. The second-order valence-electron chi connectivity index (χ2n) is 2.82. The van der Waals surface area contributed by atoms with E-state index in [0.717, 1.165) is 37.7 Å². The minimum Gasteiger partial charge on any atom is -0.466 e. The van der Waals surface area contributed by atoms with Gasteiger partial charge in [-0.25, -0.2) is 4.79 Å². The zero-order valence-electron chi connectivity index (χ0n) is 8.28. The number of alkyl halides is 3. The molecule has 3 nitrogen and oxygen atoms in total. The average Bonchev–Trinajstić information content (AvgIpc) is 2.25. The van der Waals surface area contributed by atoms with Crippen molar-refractivity contribution in [1.82, 2.24) is 4.98 Å². The van der Waals surface area contributed by atoms with E-state index in [2.05, 4.69) is 9.72 Å². The van der Waals surface area contributed by atoms with Crippen molar-refractivity contribution in [3.63, 3.8) is 0 Å². The van der Waals surface area contributed by atoms with Crippen LogP contribution in [0.5, 0.6) is 0 Å². The molecule has 86 valence electrons. The molecule has 0 atom stereocenters. The molecule has 0 amide bonds. The van der Waals surface area contributed by atoms with Crippen LogP contribution < -0.4 is 0 Å². The lowest BCUT2D eigenvalue weighted by Crippen LogP contribution is -2.07. The van der Waals surface area contributed by atoms with Gasteiger partial charge in [0.25, 0.3) is 0 Å². The largest absolute Gasteiger partial charge is 0.466 e. The molecule has 0 aromatic carbocycles. The van der Waals surface area contributed by atoms with Gasteiger partial charge in [0.05, 0.1) is 12.7 Å². The van der Waals surface area contributed by atoms with E-state index in [0.29, 0.717) is 0 Å². The second-order valence-corrected chi connectivity index (χ2v) is 2.82. The Kier molecular flexibility index (Phi) is 3.65. The Morgan fingerprint density at radius 3 is 2.75 bits per heavy atom. The maximum atomic E-state index is 12.5. The third kappa shape index (κ3) is 3.08. The first-order chi connectivity index (χ1) is 7.45. The molecule has 0 saturated carbocycles. The van der Waals surface area contributed by atoms with Gasteiger partial charge in [-0.3, -0.25) is 4.98 Å². The normalized spacial score (nSPS) is 11.8. The van der Waals surface area contributed by atoms with E-state index in [9.17, 15) is 18.0 Å². The molecular formula is C10H8F3NO2. The summed E-state index contributed by atoms with van der Waals surface area (Å²) in [4.78, 5) is 14.3. The van der Waals surface area contributed by atoms with E-state index in [-0.39, 0.29) is 5.56 Å². The fraction of sp³-hybridized carbons (Fsp3) is 0.200. The molecule has 1 heterocycles. The summed E-state index contributed by atoms with van der Waals surface area (Å²) in [5.74, 6) is -0.725. The lowest BCUT2D eigenvalue weighted by molar-refractivity contribution is -0.138. The summed E-state index contributed by atoms with van der Waals surface area (Å²) < 4.78 is 41.7. The molecule has 0 N–H and O–H groups in total. The highest BCUT2D eigenvalue weighted by Gasteiger charge is 2.32. The molecule has 0 bridgehead atoms. The topological polar surface area (TPSA) is 39.2 Å². The maximum absolute atomic E-state index is 12.5. The Balaban J connectivity index is 3.05. The van der Waals surface area contributed by atoms with Crippen LogP contribution in [0.4, 0.5) is 13.2 Å². The van der Waals surface area contributed by atoms with Gasteiger partial charge < -0.3 is 4.74 Å². The van der Waals surface area contributed by atoms with E-state index < -0.39 is 17.7 Å². The van der Waals surface area contributed by atoms with Gasteiger partial charge in [0.15, 0.2) is 0 Å². The van der Waals surface area contributed by atoms with Crippen LogP contribution in [0.3, 0.4) is 0 Å². The highest BCUT2D eigenvalue weighted by Crippen LogP contribution is 2.31. The van der Waals surface area contributed by atoms with Gasteiger partial charge in [0.1, 0.15) is 0 Å². The van der Waals surface area contributed by atoms with Gasteiger partial charge in [0.2, 0.25) is 0 Å². The number of esters is 1. The van der Waals surface area contributed by atoms with Gasteiger partial charge in [-0.2, -0.15) is 13.2 Å². The van der Waals surface area contributed by atoms with Crippen LogP contribution in [-0.4, -0.2) is 18.1 Å². The molecule has 1 rings (SSSR count). The number of ether oxygens (including phenoxy) is 1. The highest BCUT2D eigenvalue weighted by molar-refractivity contribution is 5.87. The number of hydrogen-bond acceptors (Lipinski definition) is 3. The molecule has 1 aromatic rings. The number of nitrogens with zero attached hydrogens (tertiary/aromatic N) is 1. The predicted octanol–water partition coefficient (Wildman–Crippen LogP) is 2.29. The van der Waals surface area contributed by atoms with Crippen molar-refractivity contribution >= 4 is 12.0 Å². The number of aromatic nitrogens is 1. The Morgan fingerprint density at radius 2 is 2.19 bits per heavy atom. The standard InChI is InChI=1S/C10H8F3NO2/c1-16-9(15)3-2-7-6-14-5-4-8(7)10(11,12)13/h2-6H,1H3. The lowest BCUT2D eigenvalue weighted by Gasteiger charge is -2.08. The van der Waals surface area contributed by atoms with Crippen LogP contribution >= 0.6 is 0 Å². The summed E-state index contributed by atoms with van der Waals surface area (Å²) in [6.45, 7) is 0. The Labute approximate surface area is 89.6 Å². The first-order valence-electron chi connectivity index (χ1n) is 4.22. The number of carbonyl (C=O) groups excluding carboxylic acids is 1. The molecular weight excluding hydrogens is 223 g/mol. The van der Waals surface area contributed by atoms with Crippen LogP contribution in [0.25, 0.3) is 6.08 Å². The molecule has 0 aliphatic rings. The minimum absolute atomic E-state index is 0.180. The summed E-state index contributed by atoms with van der Waals surface area (Å²) in [7, 11) is 1.14. The van der Waals surface area contributed by atoms with E-state index in [1.807, 2.05) is 0 Å². The highest BCUT2D eigenvalue weighted by atomic mass is 19.4. The third-order valence-corrected chi connectivity index (χ3v) is 1.76. The third-order valence-electron chi connectivity index (χ3n) is 1.76. The zero-order valence-corrected chi connectivity index (χ0v) is 8.28. The van der Waals surface area contributed by atoms with Crippen molar-refractivity contribution < 1.29 is 22.7 Å². The number of carbonyl (C=O) groups is 1. The van der Waals surface area contributed by atoms with Crippen LogP contribution in [0.1, 0.15) is 11.1 Å². The number of halogens is 3. The molecule has 0 saturated heterocycles. The van der Waals surface area contributed by atoms with Crippen molar-refractivity contribution in [3.8, 4) is 0 Å². The van der Waals surface area contributed by atoms with Gasteiger partial charge in [0, 0.05) is 24.0 Å². The van der Waals surface area contributed by atoms with Crippen molar-refractivity contribution in [3.05, 3.63) is 35.7 Å². The number of pyridine rings is 1. The van der Waals surface area contributed by atoms with Crippen LogP contribution in [0.2, 0.25) is 0 Å². The molecule has 6 heteroatoms. The van der Waals surface area contributed by atoms with Gasteiger partial charge in [-0.15, -0.1) is 0 Å². The first kappa shape index (κ1) is 12.2. The maximum Gasteiger partial charge on any atom is 0.417 e. The van der Waals surface area contributed by atoms with E-state index in [1.54, 1.807) is 0 Å². The molecule has 0 spiro atoms. The molecule has 1 aromatic heterocycles. The Hall–Kier alpha value is -1.85. The monoisotopic (exact) mass is 231 g/mol. The molecule has 0 radical (unpaired) electrons. The van der Waals surface area contributed by atoms with E-state index in [4.69, 9.17) is 0 Å². The van der Waals surface area contributed by atoms with E-state index >= 15 is 0 Å². The summed E-state index contributed by atoms with van der Waals surface area (Å²) in [6.07, 6.45) is -0.479. The molecule has 0 aliphatic carbocycles. The number of rotatable bonds is 2. The summed E-state index contributed by atoms with van der Waals surface area (Å²) in [5.41, 5.74) is -1.02. The van der Waals surface area contributed by atoms with Crippen molar-refractivity contribution in [1.29, 1.82) is 0 Å². The lowest BCUT2D eigenvalue weighted by atomic mass is 10.1. The van der Waals surface area contributed by atoms with E-state index in [1.165, 1.54) is 0 Å². The predicted molar refractivity (Wildman–Crippen MR) is 50.3 cm³/mol. The van der Waals surface area contributed by atoms with Crippen molar-refractivity contribution in [2.45, 2.75) is 6.18 Å². The molecule has 0 aliphatic heterocycles. The van der Waals surface area contributed by atoms with Crippen molar-refractivity contribution in [2.24, 2.45) is 0 Å². The van der Waals surface area contributed by atoms with Crippen molar-refractivity contribution in [2.75, 3.05) is 7.11 Å². The second kappa shape index (κ2) is 4.78. The van der Waals surface area contributed by atoms with Crippen LogP contribution in [0.15, 0.2) is 24.5 Å². The average molecular weight is 231 g/mol. The number of hydrogen-bond donors (Lipinski definition) is 0. The van der Waals surface area contributed by atoms with Crippen LogP contribution in [-0.2, 0) is 15.7 Å². The van der Waals surface area contributed by atoms with Crippen LogP contribution in [0, 0.1) is 0 Å². The molecule has 0 unspecified atom stereocenters. The Bertz CT molecular complexity index is 413. The molecule has 0 fully saturated rings. The minimum atomic E-state index is -4.47. The summed E-state index contributed by atoms with van der Waals surface area (Å²) in [5, 5.41) is 0. The summed E-state index contributed by atoms with van der Waals surface area (Å²) >= 11 is 0. The number of methoxy groups -OCH3 is 1. The summed E-state index contributed by atoms with van der Waals surface area (Å²) in [6, 6.07) is 0.844.